The summed E-state index contributed by atoms with van der Waals surface area (Å²) in [5.41, 5.74) is 5.22. The van der Waals surface area contributed by atoms with Gasteiger partial charge in [-0.05, 0) is 76.6 Å². The number of nitrogens with zero attached hydrogens (tertiary/aromatic N) is 8. The zero-order valence-electron chi connectivity index (χ0n) is 38.0. The summed E-state index contributed by atoms with van der Waals surface area (Å²) < 4.78 is 18.2. The molecule has 0 fully saturated rings. The number of nitro groups is 3. The Balaban J connectivity index is 0.000000203. The van der Waals surface area contributed by atoms with Gasteiger partial charge in [0.2, 0.25) is 0 Å². The van der Waals surface area contributed by atoms with Crippen LogP contribution in [-0.2, 0) is 16.3 Å². The smallest absolute Gasteiger partial charge is 0.0813 e. The molecular formula is C50H40Br2N8O10Zn. The first kappa shape index (κ1) is 55.5. The maximum Gasteiger partial charge on any atom is -0.0813 e. The SMILES string of the molecule is COc1cc(-n2cc3ccccc3n2)ccc1-c1ccccn1.COc1cc([N+](=O)[O-])ccc1-c1ccccn1.COc1cc([N+](=O)[O-])ccc1Br.O=Cc1ccccc1[N+](=O)[O-].[Zn+][Br].[c-]1ccccn1. The van der Waals surface area contributed by atoms with Crippen molar-refractivity contribution in [1.82, 2.24) is 24.7 Å². The number of methoxy groups -OCH3 is 3. The van der Waals surface area contributed by atoms with Crippen LogP contribution in [-0.4, -0.2) is 67.1 Å². The molecule has 5 aromatic carbocycles. The van der Waals surface area contributed by atoms with Crippen LogP contribution in [0.3, 0.4) is 0 Å². The molecule has 9 aromatic rings. The molecule has 0 bridgehead atoms. The van der Waals surface area contributed by atoms with E-state index in [-0.39, 0.29) is 22.6 Å². The summed E-state index contributed by atoms with van der Waals surface area (Å²) in [4.78, 5) is 52.2. The molecule has 0 aliphatic rings. The quantitative estimate of drug-likeness (QED) is 0.0408. The number of ether oxygens (including phenoxy) is 3. The summed E-state index contributed by atoms with van der Waals surface area (Å²) in [5, 5.41) is 36.9. The van der Waals surface area contributed by atoms with Gasteiger partial charge in [0.1, 0.15) is 17.2 Å². The maximum absolute atomic E-state index is 10.7. The second-order valence-electron chi connectivity index (χ2n) is 13.6. The number of carbonyl (C=O) groups is 1. The van der Waals surface area contributed by atoms with Gasteiger partial charge < -0.3 is 19.2 Å². The van der Waals surface area contributed by atoms with Crippen molar-refractivity contribution in [1.29, 1.82) is 0 Å². The average molecular weight is 1140 g/mol. The number of aromatic nitrogens is 5. The fraction of sp³-hybridized carbons (Fsp3) is 0.0600. The van der Waals surface area contributed by atoms with Gasteiger partial charge in [-0.1, -0.05) is 54.9 Å². The number of para-hydroxylation sites is 1. The molecular weight excluding hydrogens is 1100 g/mol. The second kappa shape index (κ2) is 29.7. The van der Waals surface area contributed by atoms with Crippen molar-refractivity contribution >= 4 is 63.8 Å². The van der Waals surface area contributed by atoms with E-state index >= 15 is 0 Å². The molecule has 0 unspecified atom stereocenters. The number of pyridine rings is 3. The third kappa shape index (κ3) is 16.8. The van der Waals surface area contributed by atoms with Crippen molar-refractivity contribution in [3.63, 3.8) is 0 Å². The molecule has 0 saturated carbocycles. The molecule has 356 valence electrons. The van der Waals surface area contributed by atoms with E-state index in [9.17, 15) is 35.1 Å². The second-order valence-corrected chi connectivity index (χ2v) is 14.4. The van der Waals surface area contributed by atoms with Crippen molar-refractivity contribution < 1.29 is 50.1 Å². The fourth-order valence-electron chi connectivity index (χ4n) is 5.97. The van der Waals surface area contributed by atoms with Gasteiger partial charge in [-0.25, -0.2) is 4.68 Å². The Bertz CT molecular complexity index is 3060. The summed E-state index contributed by atoms with van der Waals surface area (Å²) in [6.45, 7) is 0. The Morgan fingerprint density at radius 1 is 0.606 bits per heavy atom. The fourth-order valence-corrected chi connectivity index (χ4v) is 6.38. The number of hydrogen-bond acceptors (Lipinski definition) is 14. The monoisotopic (exact) mass is 1130 g/mol. The standard InChI is InChI=1S/C19H15N3O.C12H10N2O3.C7H6BrNO3.C7H5NO3.C5H4N.BrH.Zn/c1-23-19-12-15(9-10-16(19)18-8-4-5-11-20-18)22-13-14-6-2-3-7-17(14)21-22;1-17-12-8-9(14(15)16)5-6-10(12)11-4-2-3-7-13-11;1-12-7-4-5(9(10)11)2-3-6(7)8;9-5-6-3-1-2-4-7(6)8(10)11;1-2-4-6-5-3-1;;/h2-13H,1H3;2-8H,1H3;2-4H,1H3;1-5H;1-4H;1H;/q;;;;-1;;+2/p-1. The van der Waals surface area contributed by atoms with E-state index in [2.05, 4.69) is 61.9 Å². The van der Waals surface area contributed by atoms with E-state index in [1.165, 1.54) is 73.0 Å². The predicted molar refractivity (Wildman–Crippen MR) is 272 cm³/mol. The molecule has 0 N–H and O–H groups in total. The molecule has 0 saturated heterocycles. The first-order chi connectivity index (χ1) is 34.5. The number of non-ortho nitro benzene ring substituents is 2. The van der Waals surface area contributed by atoms with Crippen LogP contribution >= 0.6 is 29.6 Å². The predicted octanol–water partition coefficient (Wildman–Crippen LogP) is 12.3. The number of halogens is 2. The minimum Gasteiger partial charge on any atom is -0.394 e. The molecule has 0 aliphatic carbocycles. The summed E-state index contributed by atoms with van der Waals surface area (Å²) in [6.07, 6.45) is 10.3. The van der Waals surface area contributed by atoms with E-state index in [1.54, 1.807) is 56.0 Å². The largest absolute Gasteiger partial charge is 0.394 e. The number of fused-ring (bicyclic) bond motifs is 1. The number of carbonyl (C=O) groups excluding carboxylic acids is 1. The molecule has 0 atom stereocenters. The van der Waals surface area contributed by atoms with Crippen LogP contribution in [0.25, 0.3) is 39.1 Å². The molecule has 0 radical (unpaired) electrons. The third-order valence-electron chi connectivity index (χ3n) is 9.26. The zero-order chi connectivity index (χ0) is 51.5. The Labute approximate surface area is 431 Å². The van der Waals surface area contributed by atoms with Gasteiger partial charge in [0.15, 0.2) is 6.29 Å². The maximum atomic E-state index is 10.7. The van der Waals surface area contributed by atoms with Crippen molar-refractivity contribution in [3.8, 4) is 45.5 Å². The van der Waals surface area contributed by atoms with Crippen molar-refractivity contribution in [2.24, 2.45) is 0 Å². The Morgan fingerprint density at radius 3 is 1.62 bits per heavy atom. The van der Waals surface area contributed by atoms with Gasteiger partial charge >= 0.3 is 30.0 Å². The summed E-state index contributed by atoms with van der Waals surface area (Å²) in [6, 6.07) is 45.5. The van der Waals surface area contributed by atoms with Crippen LogP contribution in [0.2, 0.25) is 0 Å². The first-order valence-corrected chi connectivity index (χ1v) is 28.2. The van der Waals surface area contributed by atoms with Crippen LogP contribution in [0, 0.1) is 36.5 Å². The van der Waals surface area contributed by atoms with Crippen molar-refractivity contribution in [3.05, 3.63) is 229 Å². The molecule has 4 heterocycles. The third-order valence-corrected chi connectivity index (χ3v) is 9.92. The van der Waals surface area contributed by atoms with Crippen molar-refractivity contribution in [2.45, 2.75) is 0 Å². The van der Waals surface area contributed by atoms with Crippen LogP contribution in [0.4, 0.5) is 17.1 Å². The van der Waals surface area contributed by atoms with E-state index in [0.717, 1.165) is 44.9 Å². The molecule has 71 heavy (non-hydrogen) atoms. The molecule has 4 aromatic heterocycles. The van der Waals surface area contributed by atoms with Crippen molar-refractivity contribution in [2.75, 3.05) is 21.3 Å². The summed E-state index contributed by atoms with van der Waals surface area (Å²) in [5.74, 6) is 1.68. The Kier molecular flexibility index (Phi) is 23.2. The van der Waals surface area contributed by atoms with E-state index < -0.39 is 14.8 Å². The minimum absolute atomic E-state index is 0.00142. The van der Waals surface area contributed by atoms with Crippen LogP contribution in [0.5, 0.6) is 17.2 Å². The summed E-state index contributed by atoms with van der Waals surface area (Å²) >= 11 is 7.44. The van der Waals surface area contributed by atoms with E-state index in [4.69, 9.17) is 14.2 Å². The average Bonchev–Trinajstić information content (AvgIpc) is 3.87. The molecule has 21 heteroatoms. The van der Waals surface area contributed by atoms with Gasteiger partial charge in [0.25, 0.3) is 17.1 Å². The molecule has 0 spiro atoms. The Morgan fingerprint density at radius 2 is 1.14 bits per heavy atom. The normalized spacial score (nSPS) is 9.68. The number of nitro benzene ring substituents is 3. The first-order valence-electron chi connectivity index (χ1n) is 20.5. The Hall–Kier alpha value is -8.13. The molecule has 18 nitrogen and oxygen atoms in total. The van der Waals surface area contributed by atoms with E-state index in [1.807, 2.05) is 89.7 Å². The van der Waals surface area contributed by atoms with Gasteiger partial charge in [-0.2, -0.15) is 23.3 Å². The van der Waals surface area contributed by atoms with Gasteiger partial charge in [-0.3, -0.25) is 45.1 Å². The molecule has 0 aliphatic heterocycles. The summed E-state index contributed by atoms with van der Waals surface area (Å²) in [7, 11) is 4.61. The number of benzene rings is 5. The minimum atomic E-state index is -0.580. The molecule has 0 amide bonds. The number of hydrogen-bond donors (Lipinski definition) is 0. The van der Waals surface area contributed by atoms with Crippen LogP contribution < -0.4 is 14.2 Å². The molecule has 9 rings (SSSR count). The van der Waals surface area contributed by atoms with E-state index in [0.29, 0.717) is 22.3 Å². The van der Waals surface area contributed by atoms with Crippen LogP contribution in [0.1, 0.15) is 10.4 Å². The zero-order valence-corrected chi connectivity index (χ0v) is 44.2. The van der Waals surface area contributed by atoms with Gasteiger partial charge in [0.05, 0.1) is 80.9 Å². The van der Waals surface area contributed by atoms with Gasteiger partial charge in [0, 0.05) is 59.4 Å². The number of aldehydes is 1. The van der Waals surface area contributed by atoms with Gasteiger partial charge in [-0.15, -0.1) is 0 Å². The van der Waals surface area contributed by atoms with Crippen LogP contribution in [0.15, 0.2) is 187 Å². The topological polar surface area (TPSA) is 231 Å². The number of rotatable bonds is 10.